The molecule has 0 amide bonds. The van der Waals surface area contributed by atoms with Crippen molar-refractivity contribution in [1.82, 2.24) is 0 Å². The molecule has 1 aromatic carbocycles. The molecule has 0 fully saturated rings. The Morgan fingerprint density at radius 2 is 2.00 bits per heavy atom. The Kier molecular flexibility index (Phi) is 2.90. The first kappa shape index (κ1) is 10.0. The maximum atomic E-state index is 9.29. The number of aryl methyl sites for hydroxylation is 1. The molecule has 0 saturated heterocycles. The molecule has 0 aliphatic rings. The first-order chi connectivity index (χ1) is 6.02. The predicted octanol–water partition coefficient (Wildman–Crippen LogP) is 0.958. The molecule has 0 radical (unpaired) electrons. The summed E-state index contributed by atoms with van der Waals surface area (Å²) in [4.78, 5) is 0. The zero-order valence-electron chi connectivity index (χ0n) is 7.99. The number of hydrogen-bond acceptors (Lipinski definition) is 3. The van der Waals surface area contributed by atoms with Crippen LogP contribution in [-0.2, 0) is 0 Å². The summed E-state index contributed by atoms with van der Waals surface area (Å²) in [7, 11) is 0. The average Bonchev–Trinajstić information content (AvgIpc) is 2.03. The lowest BCUT2D eigenvalue weighted by Crippen LogP contribution is -2.24. The minimum Gasteiger partial charge on any atom is -0.398 e. The highest BCUT2D eigenvalue weighted by Crippen LogP contribution is 2.21. The average molecular weight is 180 g/mol. The lowest BCUT2D eigenvalue weighted by Gasteiger charge is -2.17. The Bertz CT molecular complexity index is 297. The fraction of sp³-hybridized carbons (Fsp3) is 0.400. The number of aliphatic hydroxyl groups excluding tert-OH is 1. The van der Waals surface area contributed by atoms with Gasteiger partial charge >= 0.3 is 0 Å². The van der Waals surface area contributed by atoms with Crippen LogP contribution >= 0.6 is 0 Å². The summed E-state index contributed by atoms with van der Waals surface area (Å²) in [5, 5.41) is 9.29. The number of aliphatic hydroxyl groups is 1. The van der Waals surface area contributed by atoms with E-state index in [1.54, 1.807) is 6.92 Å². The molecule has 0 aliphatic heterocycles. The third-order valence-corrected chi connectivity index (χ3v) is 2.12. The molecule has 3 nitrogen and oxygen atoms in total. The second-order valence-electron chi connectivity index (χ2n) is 3.40. The van der Waals surface area contributed by atoms with E-state index in [-0.39, 0.29) is 0 Å². The molecule has 0 heterocycles. The van der Waals surface area contributed by atoms with Crippen LogP contribution in [0.4, 0.5) is 5.69 Å². The number of hydrogen-bond donors (Lipinski definition) is 3. The molecule has 72 valence electrons. The minimum atomic E-state index is -0.579. The lowest BCUT2D eigenvalue weighted by molar-refractivity contribution is 0.164. The number of anilines is 1. The van der Waals surface area contributed by atoms with E-state index in [0.29, 0.717) is 5.69 Å². The molecule has 2 unspecified atom stereocenters. The van der Waals surface area contributed by atoms with Gasteiger partial charge in [0.2, 0.25) is 0 Å². The predicted molar refractivity (Wildman–Crippen MR) is 54.2 cm³/mol. The zero-order chi connectivity index (χ0) is 10.0. The van der Waals surface area contributed by atoms with Crippen LogP contribution in [0.1, 0.15) is 24.1 Å². The van der Waals surface area contributed by atoms with Gasteiger partial charge in [0.25, 0.3) is 0 Å². The van der Waals surface area contributed by atoms with Crippen molar-refractivity contribution < 1.29 is 5.11 Å². The van der Waals surface area contributed by atoms with Crippen LogP contribution in [0.3, 0.4) is 0 Å². The summed E-state index contributed by atoms with van der Waals surface area (Å²) in [5.41, 5.74) is 14.1. The maximum Gasteiger partial charge on any atom is 0.0705 e. The van der Waals surface area contributed by atoms with Gasteiger partial charge in [-0.25, -0.2) is 0 Å². The highest BCUT2D eigenvalue weighted by atomic mass is 16.3. The SMILES string of the molecule is Cc1ccc(C(N)C(C)O)c(N)c1. The number of benzene rings is 1. The van der Waals surface area contributed by atoms with Crippen LogP contribution in [0.5, 0.6) is 0 Å². The lowest BCUT2D eigenvalue weighted by atomic mass is 10.00. The van der Waals surface area contributed by atoms with Gasteiger partial charge in [-0.15, -0.1) is 0 Å². The van der Waals surface area contributed by atoms with E-state index in [1.807, 2.05) is 25.1 Å². The number of nitrogens with two attached hydrogens (primary N) is 2. The van der Waals surface area contributed by atoms with E-state index >= 15 is 0 Å². The number of nitrogen functional groups attached to an aromatic ring is 1. The van der Waals surface area contributed by atoms with Gasteiger partial charge in [-0.1, -0.05) is 12.1 Å². The van der Waals surface area contributed by atoms with Gasteiger partial charge in [0.05, 0.1) is 12.1 Å². The van der Waals surface area contributed by atoms with Crippen LogP contribution in [-0.4, -0.2) is 11.2 Å². The molecule has 0 bridgehead atoms. The van der Waals surface area contributed by atoms with E-state index in [9.17, 15) is 5.11 Å². The molecule has 0 aromatic heterocycles. The molecule has 0 aliphatic carbocycles. The van der Waals surface area contributed by atoms with Crippen LogP contribution in [0.2, 0.25) is 0 Å². The Labute approximate surface area is 78.4 Å². The molecule has 1 rings (SSSR count). The van der Waals surface area contributed by atoms with Crippen LogP contribution < -0.4 is 11.5 Å². The monoisotopic (exact) mass is 180 g/mol. The molecule has 3 heteroatoms. The third-order valence-electron chi connectivity index (χ3n) is 2.12. The largest absolute Gasteiger partial charge is 0.398 e. The van der Waals surface area contributed by atoms with Crippen molar-refractivity contribution >= 4 is 5.69 Å². The van der Waals surface area contributed by atoms with Crippen LogP contribution in [0.25, 0.3) is 0 Å². The van der Waals surface area contributed by atoms with Crippen molar-refractivity contribution in [2.75, 3.05) is 5.73 Å². The molecule has 0 spiro atoms. The summed E-state index contributed by atoms with van der Waals surface area (Å²) >= 11 is 0. The van der Waals surface area contributed by atoms with Crippen molar-refractivity contribution in [2.24, 2.45) is 5.73 Å². The summed E-state index contributed by atoms with van der Waals surface area (Å²) in [5.74, 6) is 0. The molecule has 2 atom stereocenters. The van der Waals surface area contributed by atoms with E-state index in [2.05, 4.69) is 0 Å². The van der Waals surface area contributed by atoms with Crippen LogP contribution in [0.15, 0.2) is 18.2 Å². The van der Waals surface area contributed by atoms with E-state index in [4.69, 9.17) is 11.5 Å². The summed E-state index contributed by atoms with van der Waals surface area (Å²) in [6.45, 7) is 3.62. The highest BCUT2D eigenvalue weighted by Gasteiger charge is 2.14. The Balaban J connectivity index is 3.01. The molecule has 13 heavy (non-hydrogen) atoms. The highest BCUT2D eigenvalue weighted by molar-refractivity contribution is 5.50. The Morgan fingerprint density at radius 3 is 2.46 bits per heavy atom. The standard InChI is InChI=1S/C10H16N2O/c1-6-3-4-8(9(11)5-6)10(12)7(2)13/h3-5,7,10,13H,11-12H2,1-2H3. The molecule has 5 N–H and O–H groups in total. The number of rotatable bonds is 2. The van der Waals surface area contributed by atoms with Crippen molar-refractivity contribution in [3.63, 3.8) is 0 Å². The Hall–Kier alpha value is -1.06. The quantitative estimate of drug-likeness (QED) is 0.593. The summed E-state index contributed by atoms with van der Waals surface area (Å²) in [6, 6.07) is 5.26. The van der Waals surface area contributed by atoms with Gasteiger partial charge in [-0.2, -0.15) is 0 Å². The van der Waals surface area contributed by atoms with Crippen molar-refractivity contribution in [3.8, 4) is 0 Å². The minimum absolute atomic E-state index is 0.402. The normalized spacial score (nSPS) is 15.4. The molecular weight excluding hydrogens is 164 g/mol. The second-order valence-corrected chi connectivity index (χ2v) is 3.40. The van der Waals surface area contributed by atoms with Gasteiger partial charge in [0.15, 0.2) is 0 Å². The van der Waals surface area contributed by atoms with Gasteiger partial charge in [0.1, 0.15) is 0 Å². The zero-order valence-corrected chi connectivity index (χ0v) is 7.99. The topological polar surface area (TPSA) is 72.3 Å². The van der Waals surface area contributed by atoms with Gasteiger partial charge < -0.3 is 16.6 Å². The fourth-order valence-electron chi connectivity index (χ4n) is 1.26. The molecule has 1 aromatic rings. The summed E-state index contributed by atoms with van der Waals surface area (Å²) in [6.07, 6.45) is -0.579. The van der Waals surface area contributed by atoms with Gasteiger partial charge in [-0.05, 0) is 31.0 Å². The Morgan fingerprint density at radius 1 is 1.38 bits per heavy atom. The first-order valence-electron chi connectivity index (χ1n) is 4.32. The molecule has 0 saturated carbocycles. The van der Waals surface area contributed by atoms with E-state index in [0.717, 1.165) is 11.1 Å². The van der Waals surface area contributed by atoms with Crippen molar-refractivity contribution in [1.29, 1.82) is 0 Å². The second kappa shape index (κ2) is 3.77. The molecular formula is C10H16N2O. The van der Waals surface area contributed by atoms with Crippen molar-refractivity contribution in [2.45, 2.75) is 26.0 Å². The van der Waals surface area contributed by atoms with Crippen LogP contribution in [0, 0.1) is 6.92 Å². The third kappa shape index (κ3) is 2.20. The fourth-order valence-corrected chi connectivity index (χ4v) is 1.26. The van der Waals surface area contributed by atoms with E-state index < -0.39 is 12.1 Å². The van der Waals surface area contributed by atoms with Gasteiger partial charge in [-0.3, -0.25) is 0 Å². The first-order valence-corrected chi connectivity index (χ1v) is 4.32. The summed E-state index contributed by atoms with van der Waals surface area (Å²) < 4.78 is 0. The van der Waals surface area contributed by atoms with Crippen molar-refractivity contribution in [3.05, 3.63) is 29.3 Å². The van der Waals surface area contributed by atoms with Gasteiger partial charge in [0, 0.05) is 5.69 Å². The maximum absolute atomic E-state index is 9.29. The smallest absolute Gasteiger partial charge is 0.0705 e. The van der Waals surface area contributed by atoms with E-state index in [1.165, 1.54) is 0 Å².